The van der Waals surface area contributed by atoms with Crippen molar-refractivity contribution in [3.63, 3.8) is 0 Å². The van der Waals surface area contributed by atoms with Crippen molar-refractivity contribution in [2.45, 2.75) is 46.1 Å². The lowest BCUT2D eigenvalue weighted by Gasteiger charge is -2.17. The molecule has 4 nitrogen and oxygen atoms in total. The summed E-state index contributed by atoms with van der Waals surface area (Å²) in [6.45, 7) is 5.54. The minimum Gasteiger partial charge on any atom is -0.480 e. The minimum atomic E-state index is -0.968. The molecule has 2 N–H and O–H groups in total. The zero-order valence-electron chi connectivity index (χ0n) is 9.04. The van der Waals surface area contributed by atoms with Crippen LogP contribution in [0, 0.1) is 5.92 Å². The predicted molar refractivity (Wildman–Crippen MR) is 53.9 cm³/mol. The molecule has 1 atom stereocenters. The highest BCUT2D eigenvalue weighted by Crippen LogP contribution is 2.03. The highest BCUT2D eigenvalue weighted by Gasteiger charge is 2.22. The predicted octanol–water partition coefficient (Wildman–Crippen LogP) is 1.40. The van der Waals surface area contributed by atoms with Gasteiger partial charge < -0.3 is 10.4 Å². The molecule has 0 saturated heterocycles. The maximum atomic E-state index is 11.2. The van der Waals surface area contributed by atoms with Gasteiger partial charge in [-0.25, -0.2) is 4.79 Å². The van der Waals surface area contributed by atoms with Crippen LogP contribution in [0.1, 0.15) is 40.0 Å². The highest BCUT2D eigenvalue weighted by atomic mass is 16.4. The fourth-order valence-electron chi connectivity index (χ4n) is 1.10. The van der Waals surface area contributed by atoms with E-state index < -0.39 is 12.0 Å². The van der Waals surface area contributed by atoms with Crippen LogP contribution in [0.15, 0.2) is 0 Å². The molecule has 0 aliphatic rings. The lowest BCUT2D eigenvalue weighted by atomic mass is 10.0. The third-order valence-corrected chi connectivity index (χ3v) is 2.01. The standard InChI is InChI=1S/C10H19NO3/c1-4-5-6-8(12)11-9(7(2)3)10(13)14/h7,9H,4-6H2,1-3H3,(H,11,12)(H,13,14)/t9-/m0/s1. The van der Waals surface area contributed by atoms with Gasteiger partial charge in [-0.1, -0.05) is 27.2 Å². The highest BCUT2D eigenvalue weighted by molar-refractivity contribution is 5.83. The molecule has 0 aliphatic heterocycles. The Morgan fingerprint density at radius 2 is 1.93 bits per heavy atom. The van der Waals surface area contributed by atoms with E-state index in [1.165, 1.54) is 0 Å². The molecule has 14 heavy (non-hydrogen) atoms. The van der Waals surface area contributed by atoms with Crippen molar-refractivity contribution in [1.29, 1.82) is 0 Å². The van der Waals surface area contributed by atoms with E-state index >= 15 is 0 Å². The van der Waals surface area contributed by atoms with Crippen molar-refractivity contribution in [3.8, 4) is 0 Å². The van der Waals surface area contributed by atoms with Crippen molar-refractivity contribution in [3.05, 3.63) is 0 Å². The average Bonchev–Trinajstić information content (AvgIpc) is 2.09. The van der Waals surface area contributed by atoms with E-state index in [2.05, 4.69) is 5.32 Å². The number of nitrogens with one attached hydrogen (secondary N) is 1. The minimum absolute atomic E-state index is 0.0851. The summed E-state index contributed by atoms with van der Waals surface area (Å²) >= 11 is 0. The smallest absolute Gasteiger partial charge is 0.326 e. The molecular weight excluding hydrogens is 182 g/mol. The Kier molecular flexibility index (Phi) is 5.92. The van der Waals surface area contributed by atoms with Gasteiger partial charge in [0.1, 0.15) is 6.04 Å². The number of aliphatic carboxylic acids is 1. The molecule has 1 amide bonds. The zero-order valence-corrected chi connectivity index (χ0v) is 9.04. The Hall–Kier alpha value is -1.06. The number of unbranched alkanes of at least 4 members (excludes halogenated alkanes) is 1. The second-order valence-electron chi connectivity index (χ2n) is 3.73. The molecule has 0 rings (SSSR count). The lowest BCUT2D eigenvalue weighted by Crippen LogP contribution is -2.44. The van der Waals surface area contributed by atoms with Crippen LogP contribution >= 0.6 is 0 Å². The van der Waals surface area contributed by atoms with Crippen molar-refractivity contribution < 1.29 is 14.7 Å². The Labute approximate surface area is 84.7 Å². The fraction of sp³-hybridized carbons (Fsp3) is 0.800. The largest absolute Gasteiger partial charge is 0.480 e. The first-order valence-corrected chi connectivity index (χ1v) is 5.01. The topological polar surface area (TPSA) is 66.4 Å². The number of carboxylic acids is 1. The van der Waals surface area contributed by atoms with Gasteiger partial charge in [-0.3, -0.25) is 4.79 Å². The Morgan fingerprint density at radius 1 is 1.36 bits per heavy atom. The number of carbonyl (C=O) groups excluding carboxylic acids is 1. The molecule has 0 aromatic carbocycles. The van der Waals surface area contributed by atoms with Crippen molar-refractivity contribution in [1.82, 2.24) is 5.32 Å². The summed E-state index contributed by atoms with van der Waals surface area (Å²) in [7, 11) is 0. The van der Waals surface area contributed by atoms with E-state index in [0.29, 0.717) is 6.42 Å². The van der Waals surface area contributed by atoms with Crippen LogP contribution in [-0.2, 0) is 9.59 Å². The number of carbonyl (C=O) groups is 2. The Balaban J connectivity index is 4.04. The van der Waals surface area contributed by atoms with Gasteiger partial charge in [0.2, 0.25) is 5.91 Å². The number of hydrogen-bond donors (Lipinski definition) is 2. The quantitative estimate of drug-likeness (QED) is 0.682. The Bertz CT molecular complexity index is 202. The van der Waals surface area contributed by atoms with Crippen LogP contribution in [-0.4, -0.2) is 23.0 Å². The number of hydrogen-bond acceptors (Lipinski definition) is 2. The van der Waals surface area contributed by atoms with Crippen LogP contribution < -0.4 is 5.32 Å². The monoisotopic (exact) mass is 201 g/mol. The molecule has 0 aromatic rings. The third-order valence-electron chi connectivity index (χ3n) is 2.01. The number of carboxylic acid groups (broad SMARTS) is 1. The number of rotatable bonds is 6. The summed E-state index contributed by atoms with van der Waals surface area (Å²) in [6, 6.07) is -0.764. The fourth-order valence-corrected chi connectivity index (χ4v) is 1.10. The summed E-state index contributed by atoms with van der Waals surface area (Å²) < 4.78 is 0. The van der Waals surface area contributed by atoms with E-state index in [4.69, 9.17) is 5.11 Å². The molecule has 4 heteroatoms. The number of amides is 1. The van der Waals surface area contributed by atoms with E-state index in [1.807, 2.05) is 6.92 Å². The Morgan fingerprint density at radius 3 is 2.29 bits per heavy atom. The van der Waals surface area contributed by atoms with Crippen LogP contribution in [0.4, 0.5) is 0 Å². The molecular formula is C10H19NO3. The molecule has 0 bridgehead atoms. The molecule has 0 spiro atoms. The van der Waals surface area contributed by atoms with E-state index in [9.17, 15) is 9.59 Å². The van der Waals surface area contributed by atoms with Crippen LogP contribution in [0.25, 0.3) is 0 Å². The van der Waals surface area contributed by atoms with Crippen molar-refractivity contribution in [2.24, 2.45) is 5.92 Å². The van der Waals surface area contributed by atoms with Crippen LogP contribution in [0.3, 0.4) is 0 Å². The first-order valence-electron chi connectivity index (χ1n) is 5.01. The van der Waals surface area contributed by atoms with Gasteiger partial charge in [0.15, 0.2) is 0 Å². The lowest BCUT2D eigenvalue weighted by molar-refractivity contribution is -0.143. The van der Waals surface area contributed by atoms with Crippen LogP contribution in [0.2, 0.25) is 0 Å². The average molecular weight is 201 g/mol. The molecule has 0 heterocycles. The van der Waals surface area contributed by atoms with E-state index in [-0.39, 0.29) is 11.8 Å². The van der Waals surface area contributed by atoms with Gasteiger partial charge in [-0.2, -0.15) is 0 Å². The molecule has 82 valence electrons. The molecule has 0 aliphatic carbocycles. The summed E-state index contributed by atoms with van der Waals surface area (Å²) in [4.78, 5) is 22.0. The van der Waals surface area contributed by atoms with Crippen molar-refractivity contribution in [2.75, 3.05) is 0 Å². The van der Waals surface area contributed by atoms with E-state index in [0.717, 1.165) is 12.8 Å². The molecule has 0 radical (unpaired) electrons. The SMILES string of the molecule is CCCCC(=O)N[C@H](C(=O)O)C(C)C. The van der Waals surface area contributed by atoms with Gasteiger partial charge >= 0.3 is 5.97 Å². The first kappa shape index (κ1) is 12.9. The molecule has 0 aromatic heterocycles. The third kappa shape index (κ3) is 4.84. The van der Waals surface area contributed by atoms with Gasteiger partial charge in [0, 0.05) is 6.42 Å². The molecule has 0 saturated carbocycles. The first-order chi connectivity index (χ1) is 6.49. The van der Waals surface area contributed by atoms with Gasteiger partial charge in [0.25, 0.3) is 0 Å². The summed E-state index contributed by atoms with van der Waals surface area (Å²) in [6.07, 6.45) is 2.15. The molecule has 0 unspecified atom stereocenters. The zero-order chi connectivity index (χ0) is 11.1. The molecule has 0 fully saturated rings. The summed E-state index contributed by atoms with van der Waals surface area (Å²) in [5.41, 5.74) is 0. The second kappa shape index (κ2) is 6.40. The van der Waals surface area contributed by atoms with Gasteiger partial charge in [-0.15, -0.1) is 0 Å². The van der Waals surface area contributed by atoms with Crippen LogP contribution in [0.5, 0.6) is 0 Å². The van der Waals surface area contributed by atoms with E-state index in [1.54, 1.807) is 13.8 Å². The van der Waals surface area contributed by atoms with Gasteiger partial charge in [0.05, 0.1) is 0 Å². The van der Waals surface area contributed by atoms with Gasteiger partial charge in [-0.05, 0) is 12.3 Å². The van der Waals surface area contributed by atoms with Crippen molar-refractivity contribution >= 4 is 11.9 Å². The summed E-state index contributed by atoms with van der Waals surface area (Å²) in [5.74, 6) is -1.23. The maximum absolute atomic E-state index is 11.2. The second-order valence-corrected chi connectivity index (χ2v) is 3.73. The normalized spacial score (nSPS) is 12.6. The summed E-state index contributed by atoms with van der Waals surface area (Å²) in [5, 5.41) is 11.3. The maximum Gasteiger partial charge on any atom is 0.326 e.